The summed E-state index contributed by atoms with van der Waals surface area (Å²) in [4.78, 5) is 3.18. The van der Waals surface area contributed by atoms with E-state index in [0.717, 1.165) is 10.2 Å². The predicted octanol–water partition coefficient (Wildman–Crippen LogP) is 2.75. The molecule has 0 saturated heterocycles. The normalized spacial score (nSPS) is 9.00. The molecule has 0 amide bonds. The van der Waals surface area contributed by atoms with Crippen LogP contribution in [0.1, 0.15) is 0 Å². The van der Waals surface area contributed by atoms with Crippen molar-refractivity contribution in [3.63, 3.8) is 0 Å². The van der Waals surface area contributed by atoms with Crippen LogP contribution in [0, 0.1) is 6.57 Å². The summed E-state index contributed by atoms with van der Waals surface area (Å²) in [6.45, 7) is 7.42. The van der Waals surface area contributed by atoms with E-state index in [1.165, 1.54) is 0 Å². The number of benzene rings is 1. The molecule has 3 heteroatoms. The number of ether oxygens (including phenoxy) is 1. The van der Waals surface area contributed by atoms with Crippen LogP contribution in [0.15, 0.2) is 28.7 Å². The van der Waals surface area contributed by atoms with Gasteiger partial charge in [-0.3, -0.25) is 0 Å². The van der Waals surface area contributed by atoms with Gasteiger partial charge in [0.15, 0.2) is 6.61 Å². The largest absolute Gasteiger partial charge is 0.486 e. The first-order valence-corrected chi connectivity index (χ1v) is 4.34. The van der Waals surface area contributed by atoms with Crippen LogP contribution in [0.4, 0.5) is 0 Å². The van der Waals surface area contributed by atoms with Crippen LogP contribution >= 0.6 is 15.9 Å². The van der Waals surface area contributed by atoms with Gasteiger partial charge in [0.2, 0.25) is 6.54 Å². The summed E-state index contributed by atoms with van der Waals surface area (Å²) in [5.41, 5.74) is 0. The van der Waals surface area contributed by atoms with Gasteiger partial charge in [-0.2, -0.15) is 0 Å². The molecule has 1 rings (SSSR count). The Labute approximate surface area is 80.1 Å². The smallest absolute Gasteiger partial charge is 0.248 e. The quantitative estimate of drug-likeness (QED) is 0.570. The second-order valence-electron chi connectivity index (χ2n) is 2.18. The lowest BCUT2D eigenvalue weighted by atomic mass is 10.3. The standard InChI is InChI=1S/C9H8BrNO/c1-11-6-7-12-9-4-2-8(10)3-5-9/h2-5H,6-7H2. The molecule has 1 aromatic rings. The van der Waals surface area contributed by atoms with Crippen LogP contribution in [0.25, 0.3) is 4.85 Å². The van der Waals surface area contributed by atoms with Crippen molar-refractivity contribution < 1.29 is 4.74 Å². The molecule has 0 N–H and O–H groups in total. The van der Waals surface area contributed by atoms with Crippen molar-refractivity contribution in [2.24, 2.45) is 0 Å². The molecule has 2 nitrogen and oxygen atoms in total. The van der Waals surface area contributed by atoms with Crippen LogP contribution in [-0.2, 0) is 0 Å². The minimum atomic E-state index is 0.413. The maximum atomic E-state index is 6.54. The molecule has 0 aliphatic heterocycles. The Morgan fingerprint density at radius 3 is 2.58 bits per heavy atom. The average Bonchev–Trinajstić information content (AvgIpc) is 2.09. The van der Waals surface area contributed by atoms with Crippen molar-refractivity contribution in [3.8, 4) is 5.75 Å². The lowest BCUT2D eigenvalue weighted by Crippen LogP contribution is -1.98. The van der Waals surface area contributed by atoms with E-state index in [4.69, 9.17) is 11.3 Å². The fourth-order valence-electron chi connectivity index (χ4n) is 0.740. The lowest BCUT2D eigenvalue weighted by molar-refractivity contribution is 0.336. The third-order valence-corrected chi connectivity index (χ3v) is 1.81. The van der Waals surface area contributed by atoms with Gasteiger partial charge in [0.05, 0.1) is 0 Å². The van der Waals surface area contributed by atoms with E-state index in [9.17, 15) is 0 Å². The molecule has 62 valence electrons. The summed E-state index contributed by atoms with van der Waals surface area (Å²) in [7, 11) is 0. The van der Waals surface area contributed by atoms with E-state index < -0.39 is 0 Å². The van der Waals surface area contributed by atoms with Gasteiger partial charge in [-0.25, -0.2) is 6.57 Å². The van der Waals surface area contributed by atoms with Crippen LogP contribution in [0.3, 0.4) is 0 Å². The van der Waals surface area contributed by atoms with Crippen molar-refractivity contribution in [2.45, 2.75) is 0 Å². The average molecular weight is 226 g/mol. The molecular weight excluding hydrogens is 218 g/mol. The van der Waals surface area contributed by atoms with Gasteiger partial charge in [-0.1, -0.05) is 15.9 Å². The molecule has 0 spiro atoms. The Bertz CT molecular complexity index is 276. The monoisotopic (exact) mass is 225 g/mol. The number of rotatable bonds is 3. The van der Waals surface area contributed by atoms with Crippen molar-refractivity contribution in [1.82, 2.24) is 0 Å². The number of halogens is 1. The van der Waals surface area contributed by atoms with Crippen molar-refractivity contribution in [2.75, 3.05) is 13.2 Å². The fourth-order valence-corrected chi connectivity index (χ4v) is 1.00. The van der Waals surface area contributed by atoms with E-state index in [2.05, 4.69) is 20.8 Å². The summed E-state index contributed by atoms with van der Waals surface area (Å²) >= 11 is 3.32. The highest BCUT2D eigenvalue weighted by atomic mass is 79.9. The minimum absolute atomic E-state index is 0.413. The highest BCUT2D eigenvalue weighted by Crippen LogP contribution is 2.15. The lowest BCUT2D eigenvalue weighted by Gasteiger charge is -2.00. The van der Waals surface area contributed by atoms with Gasteiger partial charge in [-0.15, -0.1) is 0 Å². The number of hydrogen-bond acceptors (Lipinski definition) is 1. The third-order valence-electron chi connectivity index (χ3n) is 1.29. The molecule has 0 aromatic heterocycles. The molecule has 12 heavy (non-hydrogen) atoms. The van der Waals surface area contributed by atoms with E-state index in [0.29, 0.717) is 13.2 Å². The van der Waals surface area contributed by atoms with Crippen molar-refractivity contribution >= 4 is 15.9 Å². The van der Waals surface area contributed by atoms with Crippen molar-refractivity contribution in [3.05, 3.63) is 40.2 Å². The zero-order valence-corrected chi connectivity index (χ0v) is 8.04. The number of hydrogen-bond donors (Lipinski definition) is 0. The van der Waals surface area contributed by atoms with E-state index in [-0.39, 0.29) is 0 Å². The molecule has 0 saturated carbocycles. The van der Waals surface area contributed by atoms with Crippen LogP contribution in [-0.4, -0.2) is 13.2 Å². The topological polar surface area (TPSA) is 13.6 Å². The SMILES string of the molecule is [C-]#[N+]CCOc1ccc(Br)cc1. The molecule has 0 heterocycles. The second-order valence-corrected chi connectivity index (χ2v) is 3.10. The van der Waals surface area contributed by atoms with Gasteiger partial charge in [-0.05, 0) is 24.3 Å². The zero-order chi connectivity index (χ0) is 8.81. The minimum Gasteiger partial charge on any atom is -0.486 e. The molecule has 0 fully saturated rings. The molecule has 0 unspecified atom stereocenters. The summed E-state index contributed by atoms with van der Waals surface area (Å²) in [5, 5.41) is 0. The summed E-state index contributed by atoms with van der Waals surface area (Å²) in [5.74, 6) is 0.807. The van der Waals surface area contributed by atoms with Gasteiger partial charge < -0.3 is 9.58 Å². The molecule has 1 aromatic carbocycles. The van der Waals surface area contributed by atoms with Gasteiger partial charge in [0.1, 0.15) is 5.75 Å². The molecule has 0 bridgehead atoms. The molecule has 0 atom stereocenters. The molecule has 0 aliphatic rings. The van der Waals surface area contributed by atoms with Gasteiger partial charge >= 0.3 is 0 Å². The summed E-state index contributed by atoms with van der Waals surface area (Å²) in [6, 6.07) is 7.56. The Hall–Kier alpha value is -1.01. The first kappa shape index (κ1) is 9.08. The highest BCUT2D eigenvalue weighted by Gasteiger charge is 1.93. The fraction of sp³-hybridized carbons (Fsp3) is 0.222. The molecule has 0 radical (unpaired) electrons. The summed E-state index contributed by atoms with van der Waals surface area (Å²) in [6.07, 6.45) is 0. The molecule has 0 aliphatic carbocycles. The highest BCUT2D eigenvalue weighted by molar-refractivity contribution is 9.10. The maximum absolute atomic E-state index is 6.54. The first-order chi connectivity index (χ1) is 5.83. The summed E-state index contributed by atoms with van der Waals surface area (Å²) < 4.78 is 6.29. The van der Waals surface area contributed by atoms with E-state index in [1.807, 2.05) is 24.3 Å². The van der Waals surface area contributed by atoms with Crippen LogP contribution in [0.2, 0.25) is 0 Å². The molecular formula is C9H8BrNO. The number of nitrogens with zero attached hydrogens (tertiary/aromatic N) is 1. The van der Waals surface area contributed by atoms with Gasteiger partial charge in [0, 0.05) is 4.47 Å². The Balaban J connectivity index is 2.43. The maximum Gasteiger partial charge on any atom is 0.248 e. The second kappa shape index (κ2) is 4.78. The van der Waals surface area contributed by atoms with E-state index in [1.54, 1.807) is 0 Å². The first-order valence-electron chi connectivity index (χ1n) is 3.54. The predicted molar refractivity (Wildman–Crippen MR) is 51.1 cm³/mol. The van der Waals surface area contributed by atoms with Gasteiger partial charge in [0.25, 0.3) is 0 Å². The zero-order valence-electron chi connectivity index (χ0n) is 6.46. The van der Waals surface area contributed by atoms with E-state index >= 15 is 0 Å². The van der Waals surface area contributed by atoms with Crippen molar-refractivity contribution in [1.29, 1.82) is 0 Å². The Morgan fingerprint density at radius 1 is 1.33 bits per heavy atom. The Morgan fingerprint density at radius 2 is 2.00 bits per heavy atom. The van der Waals surface area contributed by atoms with Crippen LogP contribution < -0.4 is 4.74 Å². The third kappa shape index (κ3) is 2.93. The Kier molecular flexibility index (Phi) is 3.62. The van der Waals surface area contributed by atoms with Crippen LogP contribution in [0.5, 0.6) is 5.75 Å².